The second-order valence-electron chi connectivity index (χ2n) is 4.36. The van der Waals surface area contributed by atoms with E-state index in [-0.39, 0.29) is 5.69 Å². The number of hydrogen-bond acceptors (Lipinski definition) is 2. The number of nitrogens with one attached hydrogen (secondary N) is 1. The van der Waals surface area contributed by atoms with Crippen molar-refractivity contribution in [3.8, 4) is 0 Å². The van der Waals surface area contributed by atoms with Gasteiger partial charge >= 0.3 is 6.18 Å². The molecule has 0 radical (unpaired) electrons. The molecule has 0 atom stereocenters. The minimum atomic E-state index is -4.41. The zero-order valence-corrected chi connectivity index (χ0v) is 11.3. The molecule has 2 nitrogen and oxygen atoms in total. The predicted molar refractivity (Wildman–Crippen MR) is 75.3 cm³/mol. The fourth-order valence-electron chi connectivity index (χ4n) is 1.78. The molecular weight excluding hydrogens is 289 g/mol. The molecule has 0 aliphatic rings. The normalized spacial score (nSPS) is 11.4. The molecule has 0 spiro atoms. The Balaban J connectivity index is 2.36. The number of nitrogen functional groups attached to an aromatic ring is 1. The summed E-state index contributed by atoms with van der Waals surface area (Å²) in [5.41, 5.74) is 6.77. The summed E-state index contributed by atoms with van der Waals surface area (Å²) in [6.45, 7) is 1.84. The molecule has 0 saturated heterocycles. The molecule has 3 N–H and O–H groups in total. The van der Waals surface area contributed by atoms with E-state index in [0.717, 1.165) is 17.7 Å². The van der Waals surface area contributed by atoms with Crippen LogP contribution in [0.15, 0.2) is 36.4 Å². The lowest BCUT2D eigenvalue weighted by Crippen LogP contribution is -2.07. The highest BCUT2D eigenvalue weighted by atomic mass is 35.5. The maximum absolute atomic E-state index is 12.6. The number of halogens is 4. The zero-order valence-electron chi connectivity index (χ0n) is 10.6. The second kappa shape index (κ2) is 5.25. The molecule has 0 aliphatic carbocycles. The van der Waals surface area contributed by atoms with Gasteiger partial charge in [0.2, 0.25) is 0 Å². The van der Waals surface area contributed by atoms with Gasteiger partial charge in [0.15, 0.2) is 0 Å². The zero-order chi connectivity index (χ0) is 14.9. The van der Waals surface area contributed by atoms with Gasteiger partial charge in [-0.1, -0.05) is 23.7 Å². The number of hydrogen-bond donors (Lipinski definition) is 2. The van der Waals surface area contributed by atoms with Crippen molar-refractivity contribution in [1.82, 2.24) is 0 Å². The Hall–Kier alpha value is -1.88. The Morgan fingerprint density at radius 3 is 2.40 bits per heavy atom. The quantitative estimate of drug-likeness (QED) is 0.767. The SMILES string of the molecule is Cc1cccc(Cl)c1Nc1ccc(C(F)(F)F)cc1N. The molecule has 0 amide bonds. The highest BCUT2D eigenvalue weighted by Crippen LogP contribution is 2.35. The van der Waals surface area contributed by atoms with Crippen LogP contribution in [0.2, 0.25) is 5.02 Å². The monoisotopic (exact) mass is 300 g/mol. The third kappa shape index (κ3) is 2.99. The van der Waals surface area contributed by atoms with Crippen molar-refractivity contribution in [3.63, 3.8) is 0 Å². The fourth-order valence-corrected chi connectivity index (χ4v) is 2.05. The summed E-state index contributed by atoms with van der Waals surface area (Å²) < 4.78 is 37.7. The van der Waals surface area contributed by atoms with Crippen molar-refractivity contribution < 1.29 is 13.2 Å². The Kier molecular flexibility index (Phi) is 3.81. The lowest BCUT2D eigenvalue weighted by atomic mass is 10.1. The van der Waals surface area contributed by atoms with Crippen molar-refractivity contribution in [1.29, 1.82) is 0 Å². The summed E-state index contributed by atoms with van der Waals surface area (Å²) in [6, 6.07) is 8.49. The van der Waals surface area contributed by atoms with Crippen molar-refractivity contribution in [2.45, 2.75) is 13.1 Å². The molecule has 2 aromatic rings. The maximum atomic E-state index is 12.6. The first-order valence-electron chi connectivity index (χ1n) is 5.78. The van der Waals surface area contributed by atoms with E-state index in [1.807, 2.05) is 13.0 Å². The van der Waals surface area contributed by atoms with E-state index >= 15 is 0 Å². The first kappa shape index (κ1) is 14.5. The Morgan fingerprint density at radius 2 is 1.85 bits per heavy atom. The average molecular weight is 301 g/mol. The molecule has 0 heterocycles. The Bertz CT molecular complexity index is 619. The molecule has 2 aromatic carbocycles. The van der Waals surface area contributed by atoms with Crippen LogP contribution in [-0.4, -0.2) is 0 Å². The summed E-state index contributed by atoms with van der Waals surface area (Å²) in [7, 11) is 0. The van der Waals surface area contributed by atoms with Gasteiger partial charge < -0.3 is 11.1 Å². The largest absolute Gasteiger partial charge is 0.416 e. The topological polar surface area (TPSA) is 38.0 Å². The molecule has 0 aromatic heterocycles. The van der Waals surface area contributed by atoms with Crippen molar-refractivity contribution in [3.05, 3.63) is 52.5 Å². The minimum absolute atomic E-state index is 0.0131. The third-order valence-electron chi connectivity index (χ3n) is 2.86. The summed E-state index contributed by atoms with van der Waals surface area (Å²) in [5, 5.41) is 3.44. The summed E-state index contributed by atoms with van der Waals surface area (Å²) in [4.78, 5) is 0. The molecule has 0 unspecified atom stereocenters. The summed E-state index contributed by atoms with van der Waals surface area (Å²) >= 11 is 6.05. The molecule has 20 heavy (non-hydrogen) atoms. The van der Waals surface area contributed by atoms with Crippen LogP contribution in [0.25, 0.3) is 0 Å². The van der Waals surface area contributed by atoms with Gasteiger partial charge in [-0.05, 0) is 36.8 Å². The molecule has 2 rings (SSSR count). The van der Waals surface area contributed by atoms with Crippen LogP contribution in [0.5, 0.6) is 0 Å². The number of anilines is 3. The van der Waals surface area contributed by atoms with Gasteiger partial charge in [-0.15, -0.1) is 0 Å². The van der Waals surface area contributed by atoms with Gasteiger partial charge in [0.05, 0.1) is 27.6 Å². The van der Waals surface area contributed by atoms with Gasteiger partial charge in [0, 0.05) is 0 Å². The van der Waals surface area contributed by atoms with E-state index in [0.29, 0.717) is 16.4 Å². The number of benzene rings is 2. The second-order valence-corrected chi connectivity index (χ2v) is 4.76. The molecule has 6 heteroatoms. The van der Waals surface area contributed by atoms with E-state index in [2.05, 4.69) is 5.32 Å². The van der Waals surface area contributed by atoms with E-state index in [4.69, 9.17) is 17.3 Å². The van der Waals surface area contributed by atoms with Crippen molar-refractivity contribution in [2.24, 2.45) is 0 Å². The average Bonchev–Trinajstić information content (AvgIpc) is 2.34. The Morgan fingerprint density at radius 1 is 1.15 bits per heavy atom. The smallest absolute Gasteiger partial charge is 0.397 e. The highest BCUT2D eigenvalue weighted by molar-refractivity contribution is 6.33. The molecule has 0 aliphatic heterocycles. The lowest BCUT2D eigenvalue weighted by Gasteiger charge is -2.15. The van der Waals surface area contributed by atoms with Gasteiger partial charge in [-0.2, -0.15) is 13.2 Å². The number of nitrogens with two attached hydrogens (primary N) is 1. The standard InChI is InChI=1S/C14H12ClF3N2/c1-8-3-2-4-10(15)13(8)20-12-6-5-9(7-11(12)19)14(16,17)18/h2-7,20H,19H2,1H3. The van der Waals surface area contributed by atoms with Gasteiger partial charge in [0.25, 0.3) is 0 Å². The summed E-state index contributed by atoms with van der Waals surface area (Å²) in [6.07, 6.45) is -4.41. The minimum Gasteiger partial charge on any atom is -0.397 e. The molecule has 0 saturated carbocycles. The van der Waals surface area contributed by atoms with Crippen molar-refractivity contribution in [2.75, 3.05) is 11.1 Å². The molecule has 0 fully saturated rings. The number of alkyl halides is 3. The van der Waals surface area contributed by atoms with E-state index in [9.17, 15) is 13.2 Å². The van der Waals surface area contributed by atoms with Crippen LogP contribution >= 0.6 is 11.6 Å². The van der Waals surface area contributed by atoms with E-state index in [1.165, 1.54) is 6.07 Å². The lowest BCUT2D eigenvalue weighted by molar-refractivity contribution is -0.137. The van der Waals surface area contributed by atoms with Gasteiger partial charge in [0.1, 0.15) is 0 Å². The third-order valence-corrected chi connectivity index (χ3v) is 3.18. The molecule has 0 bridgehead atoms. The van der Waals surface area contributed by atoms with E-state index < -0.39 is 11.7 Å². The predicted octanol–water partition coefficient (Wildman–Crippen LogP) is 4.99. The first-order chi connectivity index (χ1) is 9.29. The van der Waals surface area contributed by atoms with E-state index in [1.54, 1.807) is 12.1 Å². The highest BCUT2D eigenvalue weighted by Gasteiger charge is 2.30. The van der Waals surface area contributed by atoms with Gasteiger partial charge in [-0.25, -0.2) is 0 Å². The van der Waals surface area contributed by atoms with Crippen LogP contribution in [0.4, 0.5) is 30.2 Å². The number of aryl methyl sites for hydroxylation is 1. The number of rotatable bonds is 2. The first-order valence-corrected chi connectivity index (χ1v) is 6.15. The van der Waals surface area contributed by atoms with Crippen LogP contribution in [-0.2, 0) is 6.18 Å². The number of para-hydroxylation sites is 1. The van der Waals surface area contributed by atoms with Crippen LogP contribution in [0, 0.1) is 6.92 Å². The maximum Gasteiger partial charge on any atom is 0.416 e. The van der Waals surface area contributed by atoms with Crippen LogP contribution < -0.4 is 11.1 Å². The Labute approximate surface area is 119 Å². The molecule has 106 valence electrons. The summed E-state index contributed by atoms with van der Waals surface area (Å²) in [5.74, 6) is 0. The van der Waals surface area contributed by atoms with Crippen LogP contribution in [0.1, 0.15) is 11.1 Å². The molecular formula is C14H12ClF3N2. The van der Waals surface area contributed by atoms with Crippen molar-refractivity contribution >= 4 is 28.7 Å². The van der Waals surface area contributed by atoms with Crippen LogP contribution in [0.3, 0.4) is 0 Å². The fraction of sp³-hybridized carbons (Fsp3) is 0.143. The van der Waals surface area contributed by atoms with Gasteiger partial charge in [-0.3, -0.25) is 0 Å².